The van der Waals surface area contributed by atoms with E-state index in [-0.39, 0.29) is 11.8 Å². The van der Waals surface area contributed by atoms with Crippen LogP contribution in [0, 0.1) is 0 Å². The van der Waals surface area contributed by atoms with E-state index >= 15 is 0 Å². The molecule has 2 aliphatic heterocycles. The molecule has 6 nitrogen and oxygen atoms in total. The molecule has 2 amide bonds. The number of amides is 2. The summed E-state index contributed by atoms with van der Waals surface area (Å²) in [4.78, 5) is 30.7. The normalized spacial score (nSPS) is 18.0. The van der Waals surface area contributed by atoms with E-state index in [1.54, 1.807) is 30.0 Å². The lowest BCUT2D eigenvalue weighted by molar-refractivity contribution is -0.114. The van der Waals surface area contributed by atoms with Crippen LogP contribution in [-0.4, -0.2) is 57.2 Å². The number of para-hydroxylation sites is 1. The number of thioether (sulfide) groups is 1. The molecule has 2 aliphatic rings. The van der Waals surface area contributed by atoms with Crippen LogP contribution >= 0.6 is 11.8 Å². The minimum Gasteiger partial charge on any atom is -0.496 e. The van der Waals surface area contributed by atoms with Crippen LogP contribution in [-0.2, 0) is 9.53 Å². The van der Waals surface area contributed by atoms with Crippen molar-refractivity contribution in [3.8, 4) is 5.75 Å². The van der Waals surface area contributed by atoms with Crippen LogP contribution in [0.1, 0.15) is 15.9 Å². The standard InChI is InChI=1S/C22H22N2O4S/c1-23-17-13-16(21(25)24-9-11-28-12-10-24)7-8-19(17)29-20(22(23)26)14-15-5-3-4-6-18(15)27-2/h3-8,13-14H,9-12H2,1-2H3. The number of nitrogens with zero attached hydrogens (tertiary/aromatic N) is 2. The van der Waals surface area contributed by atoms with Gasteiger partial charge in [0, 0.05) is 36.2 Å². The van der Waals surface area contributed by atoms with Crippen molar-refractivity contribution in [3.05, 3.63) is 58.5 Å². The highest BCUT2D eigenvalue weighted by Gasteiger charge is 2.28. The lowest BCUT2D eigenvalue weighted by Gasteiger charge is -2.29. The van der Waals surface area contributed by atoms with E-state index in [0.717, 1.165) is 16.1 Å². The zero-order chi connectivity index (χ0) is 20.4. The highest BCUT2D eigenvalue weighted by molar-refractivity contribution is 8.04. The summed E-state index contributed by atoms with van der Waals surface area (Å²) in [6.45, 7) is 2.29. The summed E-state index contributed by atoms with van der Waals surface area (Å²) < 4.78 is 10.7. The number of carbonyl (C=O) groups is 2. The molecule has 0 saturated carbocycles. The first-order valence-electron chi connectivity index (χ1n) is 9.40. The molecule has 0 bridgehead atoms. The van der Waals surface area contributed by atoms with Crippen molar-refractivity contribution in [3.63, 3.8) is 0 Å². The van der Waals surface area contributed by atoms with Gasteiger partial charge >= 0.3 is 0 Å². The summed E-state index contributed by atoms with van der Waals surface area (Å²) in [6.07, 6.45) is 1.85. The Balaban J connectivity index is 1.63. The third-order valence-electron chi connectivity index (χ3n) is 5.03. The highest BCUT2D eigenvalue weighted by atomic mass is 32.2. The van der Waals surface area contributed by atoms with Crippen LogP contribution in [0.4, 0.5) is 5.69 Å². The molecular weight excluding hydrogens is 388 g/mol. The Morgan fingerprint density at radius 3 is 2.69 bits per heavy atom. The Bertz CT molecular complexity index is 983. The second-order valence-electron chi connectivity index (χ2n) is 6.80. The molecule has 0 spiro atoms. The molecule has 0 radical (unpaired) electrons. The van der Waals surface area contributed by atoms with Crippen molar-refractivity contribution < 1.29 is 19.1 Å². The molecule has 1 fully saturated rings. The van der Waals surface area contributed by atoms with Crippen molar-refractivity contribution in [1.29, 1.82) is 0 Å². The van der Waals surface area contributed by atoms with E-state index in [1.807, 2.05) is 42.5 Å². The van der Waals surface area contributed by atoms with Crippen LogP contribution in [0.5, 0.6) is 5.75 Å². The van der Waals surface area contributed by atoms with Gasteiger partial charge in [0.15, 0.2) is 0 Å². The van der Waals surface area contributed by atoms with Gasteiger partial charge in [-0.05, 0) is 30.3 Å². The topological polar surface area (TPSA) is 59.1 Å². The molecule has 7 heteroatoms. The van der Waals surface area contributed by atoms with Crippen LogP contribution in [0.15, 0.2) is 52.3 Å². The van der Waals surface area contributed by atoms with Gasteiger partial charge in [-0.1, -0.05) is 30.0 Å². The minimum atomic E-state index is -0.107. The fraction of sp³-hybridized carbons (Fsp3) is 0.273. The minimum absolute atomic E-state index is 0.0303. The molecule has 0 atom stereocenters. The third-order valence-corrected chi connectivity index (χ3v) is 6.10. The average Bonchev–Trinajstić information content (AvgIpc) is 2.77. The number of likely N-dealkylation sites (N-methyl/N-ethyl adjacent to an activating group) is 1. The van der Waals surface area contributed by atoms with E-state index in [9.17, 15) is 9.59 Å². The van der Waals surface area contributed by atoms with Crippen molar-refractivity contribution in [2.75, 3.05) is 45.4 Å². The number of fused-ring (bicyclic) bond motifs is 1. The van der Waals surface area contributed by atoms with Gasteiger partial charge in [-0.3, -0.25) is 9.59 Å². The predicted octanol–water partition coefficient (Wildman–Crippen LogP) is 3.28. The number of hydrogen-bond donors (Lipinski definition) is 0. The Labute approximate surface area is 174 Å². The smallest absolute Gasteiger partial charge is 0.264 e. The predicted molar refractivity (Wildman–Crippen MR) is 113 cm³/mol. The summed E-state index contributed by atoms with van der Waals surface area (Å²) in [6, 6.07) is 13.1. The number of methoxy groups -OCH3 is 1. The fourth-order valence-electron chi connectivity index (χ4n) is 3.40. The van der Waals surface area contributed by atoms with Gasteiger partial charge < -0.3 is 19.3 Å². The monoisotopic (exact) mass is 410 g/mol. The van der Waals surface area contributed by atoms with E-state index < -0.39 is 0 Å². The Hall–Kier alpha value is -2.77. The Morgan fingerprint density at radius 1 is 1.17 bits per heavy atom. The number of ether oxygens (including phenoxy) is 2. The van der Waals surface area contributed by atoms with Crippen LogP contribution in [0.25, 0.3) is 6.08 Å². The van der Waals surface area contributed by atoms with Crippen molar-refractivity contribution in [2.45, 2.75) is 4.90 Å². The highest BCUT2D eigenvalue weighted by Crippen LogP contribution is 2.42. The van der Waals surface area contributed by atoms with Crippen LogP contribution in [0.3, 0.4) is 0 Å². The number of morpholine rings is 1. The van der Waals surface area contributed by atoms with Gasteiger partial charge in [0.25, 0.3) is 11.8 Å². The van der Waals surface area contributed by atoms with Gasteiger partial charge in [-0.25, -0.2) is 0 Å². The second kappa shape index (κ2) is 8.31. The molecule has 4 rings (SSSR count). The fourth-order valence-corrected chi connectivity index (χ4v) is 4.49. The summed E-state index contributed by atoms with van der Waals surface area (Å²) in [5.41, 5.74) is 2.18. The van der Waals surface area contributed by atoms with Gasteiger partial charge in [0.2, 0.25) is 0 Å². The first-order chi connectivity index (χ1) is 14.1. The zero-order valence-corrected chi connectivity index (χ0v) is 17.2. The summed E-state index contributed by atoms with van der Waals surface area (Å²) >= 11 is 1.41. The van der Waals surface area contributed by atoms with E-state index in [0.29, 0.717) is 42.5 Å². The zero-order valence-electron chi connectivity index (χ0n) is 16.4. The van der Waals surface area contributed by atoms with Crippen molar-refractivity contribution >= 4 is 35.3 Å². The molecule has 0 unspecified atom stereocenters. The average molecular weight is 410 g/mol. The molecular formula is C22H22N2O4S. The molecule has 29 heavy (non-hydrogen) atoms. The summed E-state index contributed by atoms with van der Waals surface area (Å²) in [7, 11) is 3.35. The largest absolute Gasteiger partial charge is 0.496 e. The van der Waals surface area contributed by atoms with Gasteiger partial charge in [-0.15, -0.1) is 0 Å². The van der Waals surface area contributed by atoms with Gasteiger partial charge in [0.05, 0.1) is 30.9 Å². The SMILES string of the molecule is COc1ccccc1C=C1Sc2ccc(C(=O)N3CCOCC3)cc2N(C)C1=O. The van der Waals surface area contributed by atoms with Crippen molar-refractivity contribution in [2.24, 2.45) is 0 Å². The molecule has 2 aromatic rings. The van der Waals surface area contributed by atoms with E-state index in [1.165, 1.54) is 11.8 Å². The molecule has 0 aliphatic carbocycles. The maximum Gasteiger partial charge on any atom is 0.264 e. The van der Waals surface area contributed by atoms with Crippen molar-refractivity contribution in [1.82, 2.24) is 4.90 Å². The molecule has 2 heterocycles. The Morgan fingerprint density at radius 2 is 1.93 bits per heavy atom. The third kappa shape index (κ3) is 3.88. The molecule has 0 aromatic heterocycles. The van der Waals surface area contributed by atoms with Crippen LogP contribution < -0.4 is 9.64 Å². The first-order valence-corrected chi connectivity index (χ1v) is 10.2. The molecule has 0 N–H and O–H groups in total. The lowest BCUT2D eigenvalue weighted by Crippen LogP contribution is -2.40. The number of anilines is 1. The maximum atomic E-state index is 13.0. The second-order valence-corrected chi connectivity index (χ2v) is 7.89. The molecule has 150 valence electrons. The van der Waals surface area contributed by atoms with Gasteiger partial charge in [-0.2, -0.15) is 0 Å². The van der Waals surface area contributed by atoms with E-state index in [2.05, 4.69) is 0 Å². The Kier molecular flexibility index (Phi) is 5.60. The number of hydrogen-bond acceptors (Lipinski definition) is 5. The molecule has 2 aromatic carbocycles. The van der Waals surface area contributed by atoms with Crippen LogP contribution in [0.2, 0.25) is 0 Å². The first kappa shape index (κ1) is 19.5. The quantitative estimate of drug-likeness (QED) is 0.727. The maximum absolute atomic E-state index is 13.0. The number of carbonyl (C=O) groups excluding carboxylic acids is 2. The van der Waals surface area contributed by atoms with Gasteiger partial charge in [0.1, 0.15) is 5.75 Å². The summed E-state index contributed by atoms with van der Waals surface area (Å²) in [5, 5.41) is 0. The summed E-state index contributed by atoms with van der Waals surface area (Å²) in [5.74, 6) is 0.579. The number of rotatable bonds is 3. The number of benzene rings is 2. The molecule has 1 saturated heterocycles. The lowest BCUT2D eigenvalue weighted by atomic mass is 10.1. The van der Waals surface area contributed by atoms with E-state index in [4.69, 9.17) is 9.47 Å².